The Kier molecular flexibility index (Phi) is 6.20. The van der Waals surface area contributed by atoms with Crippen molar-refractivity contribution in [1.29, 1.82) is 0 Å². The zero-order chi connectivity index (χ0) is 18.6. The van der Waals surface area contributed by atoms with Crippen molar-refractivity contribution in [3.05, 3.63) is 56.6 Å². The van der Waals surface area contributed by atoms with Gasteiger partial charge in [0.2, 0.25) is 10.0 Å². The molecular weight excluding hydrogens is 393 g/mol. The highest BCUT2D eigenvalue weighted by Gasteiger charge is 2.23. The van der Waals surface area contributed by atoms with Crippen LogP contribution < -0.4 is 15.2 Å². The van der Waals surface area contributed by atoms with Gasteiger partial charge in [0.05, 0.1) is 4.92 Å². The predicted molar refractivity (Wildman–Crippen MR) is 93.9 cm³/mol. The Hall–Kier alpha value is -1.91. The molecule has 0 heterocycles. The van der Waals surface area contributed by atoms with Crippen molar-refractivity contribution >= 4 is 38.9 Å². The van der Waals surface area contributed by atoms with E-state index in [1.54, 1.807) is 0 Å². The van der Waals surface area contributed by atoms with E-state index in [2.05, 4.69) is 4.72 Å². The number of hydrogen-bond donors (Lipinski definition) is 2. The SMILES string of the molecule is NCCNS(=O)(=O)c1cc([N+](=O)[O-])ccc1Oc1cc(Cl)cc(Cl)c1. The van der Waals surface area contributed by atoms with Crippen LogP contribution in [0.3, 0.4) is 0 Å². The fourth-order valence-electron chi connectivity index (χ4n) is 1.89. The second kappa shape index (κ2) is 7.98. The lowest BCUT2D eigenvalue weighted by atomic mass is 10.3. The molecule has 2 rings (SSSR count). The summed E-state index contributed by atoms with van der Waals surface area (Å²) in [4.78, 5) is 9.84. The molecular formula is C14H13Cl2N3O5S. The summed E-state index contributed by atoms with van der Waals surface area (Å²) in [6.45, 7) is 0.0295. The Morgan fingerprint density at radius 2 is 1.80 bits per heavy atom. The fourth-order valence-corrected chi connectivity index (χ4v) is 3.59. The van der Waals surface area contributed by atoms with E-state index in [1.807, 2.05) is 0 Å². The molecule has 25 heavy (non-hydrogen) atoms. The second-order valence-electron chi connectivity index (χ2n) is 4.78. The van der Waals surface area contributed by atoms with Crippen molar-refractivity contribution in [2.24, 2.45) is 5.73 Å². The van der Waals surface area contributed by atoms with Crippen molar-refractivity contribution in [2.45, 2.75) is 4.90 Å². The molecule has 0 aliphatic heterocycles. The number of ether oxygens (including phenoxy) is 1. The molecule has 134 valence electrons. The number of nitrogens with zero attached hydrogens (tertiary/aromatic N) is 1. The molecule has 0 amide bonds. The molecule has 0 aliphatic carbocycles. The molecule has 0 spiro atoms. The van der Waals surface area contributed by atoms with Gasteiger partial charge in [0.25, 0.3) is 5.69 Å². The average molecular weight is 406 g/mol. The summed E-state index contributed by atoms with van der Waals surface area (Å²) in [5, 5.41) is 11.5. The summed E-state index contributed by atoms with van der Waals surface area (Å²) in [5.41, 5.74) is 4.89. The Morgan fingerprint density at radius 3 is 2.36 bits per heavy atom. The Morgan fingerprint density at radius 1 is 1.16 bits per heavy atom. The van der Waals surface area contributed by atoms with Gasteiger partial charge in [0, 0.05) is 35.3 Å². The number of nitro benzene ring substituents is 1. The van der Waals surface area contributed by atoms with Crippen LogP contribution in [-0.4, -0.2) is 26.4 Å². The normalized spacial score (nSPS) is 11.3. The van der Waals surface area contributed by atoms with Crippen molar-refractivity contribution < 1.29 is 18.1 Å². The summed E-state index contributed by atoms with van der Waals surface area (Å²) in [6.07, 6.45) is 0. The topological polar surface area (TPSA) is 125 Å². The van der Waals surface area contributed by atoms with Crippen LogP contribution >= 0.6 is 23.2 Å². The van der Waals surface area contributed by atoms with Crippen molar-refractivity contribution in [1.82, 2.24) is 4.72 Å². The van der Waals surface area contributed by atoms with Gasteiger partial charge in [-0.25, -0.2) is 13.1 Å². The lowest BCUT2D eigenvalue weighted by Gasteiger charge is -2.12. The van der Waals surface area contributed by atoms with Gasteiger partial charge in [-0.1, -0.05) is 23.2 Å². The van der Waals surface area contributed by atoms with E-state index in [9.17, 15) is 18.5 Å². The molecule has 0 aromatic heterocycles. The molecule has 0 bridgehead atoms. The van der Waals surface area contributed by atoms with Crippen LogP contribution in [0.5, 0.6) is 11.5 Å². The first-order valence-corrected chi connectivity index (χ1v) is 9.09. The van der Waals surface area contributed by atoms with E-state index < -0.39 is 25.5 Å². The summed E-state index contributed by atoms with van der Waals surface area (Å²) in [5.74, 6) is 0.0649. The quantitative estimate of drug-likeness (QED) is 0.538. The number of hydrogen-bond acceptors (Lipinski definition) is 6. The third-order valence-corrected chi connectivity index (χ3v) is 4.85. The highest BCUT2D eigenvalue weighted by molar-refractivity contribution is 7.89. The molecule has 0 atom stereocenters. The molecule has 0 saturated heterocycles. The first-order chi connectivity index (χ1) is 11.7. The van der Waals surface area contributed by atoms with E-state index in [-0.39, 0.29) is 34.6 Å². The van der Waals surface area contributed by atoms with Crippen LogP contribution in [0.15, 0.2) is 41.3 Å². The van der Waals surface area contributed by atoms with Crippen LogP contribution in [-0.2, 0) is 10.0 Å². The molecule has 2 aromatic carbocycles. The molecule has 0 radical (unpaired) electrons. The zero-order valence-corrected chi connectivity index (χ0v) is 14.9. The van der Waals surface area contributed by atoms with E-state index >= 15 is 0 Å². The molecule has 0 unspecified atom stereocenters. The van der Waals surface area contributed by atoms with Crippen LogP contribution in [0.25, 0.3) is 0 Å². The van der Waals surface area contributed by atoms with Gasteiger partial charge < -0.3 is 10.5 Å². The van der Waals surface area contributed by atoms with Crippen LogP contribution in [0.4, 0.5) is 5.69 Å². The summed E-state index contributed by atoms with van der Waals surface area (Å²) < 4.78 is 32.5. The monoisotopic (exact) mass is 405 g/mol. The number of nitrogens with two attached hydrogens (primary N) is 1. The minimum Gasteiger partial charge on any atom is -0.456 e. The van der Waals surface area contributed by atoms with Gasteiger partial charge in [-0.3, -0.25) is 10.1 Å². The first kappa shape index (κ1) is 19.4. The fraction of sp³-hybridized carbons (Fsp3) is 0.143. The molecule has 8 nitrogen and oxygen atoms in total. The maximum atomic E-state index is 12.4. The van der Waals surface area contributed by atoms with E-state index in [0.29, 0.717) is 0 Å². The number of nitrogens with one attached hydrogen (secondary N) is 1. The largest absolute Gasteiger partial charge is 0.456 e. The van der Waals surface area contributed by atoms with Crippen LogP contribution in [0.1, 0.15) is 0 Å². The van der Waals surface area contributed by atoms with Crippen molar-refractivity contribution in [3.63, 3.8) is 0 Å². The molecule has 0 aliphatic rings. The zero-order valence-electron chi connectivity index (χ0n) is 12.6. The third-order valence-electron chi connectivity index (χ3n) is 2.93. The third kappa shape index (κ3) is 5.03. The molecule has 3 N–H and O–H groups in total. The van der Waals surface area contributed by atoms with Gasteiger partial charge >= 0.3 is 0 Å². The molecule has 0 fully saturated rings. The van der Waals surface area contributed by atoms with E-state index in [4.69, 9.17) is 33.7 Å². The minimum absolute atomic E-state index is 0.0343. The Balaban J connectivity index is 2.51. The highest BCUT2D eigenvalue weighted by Crippen LogP contribution is 2.34. The molecule has 2 aromatic rings. The number of halogens is 2. The highest BCUT2D eigenvalue weighted by atomic mass is 35.5. The number of non-ortho nitro benzene ring substituents is 1. The van der Waals surface area contributed by atoms with E-state index in [0.717, 1.165) is 12.1 Å². The summed E-state index contributed by atoms with van der Waals surface area (Å²) >= 11 is 11.8. The lowest BCUT2D eigenvalue weighted by Crippen LogP contribution is -2.29. The van der Waals surface area contributed by atoms with Crippen molar-refractivity contribution in [2.75, 3.05) is 13.1 Å². The standard InChI is InChI=1S/C14H13Cl2N3O5S/c15-9-5-10(16)7-12(6-9)24-13-2-1-11(19(20)21)8-14(13)25(22,23)18-4-3-17/h1-2,5-8,18H,3-4,17H2. The number of nitro groups is 1. The van der Waals surface area contributed by atoms with Gasteiger partial charge in [0.15, 0.2) is 0 Å². The predicted octanol–water partition coefficient (Wildman–Crippen LogP) is 2.93. The Bertz CT molecular complexity index is 885. The molecule has 0 saturated carbocycles. The van der Waals surface area contributed by atoms with Gasteiger partial charge in [-0.15, -0.1) is 0 Å². The van der Waals surface area contributed by atoms with E-state index in [1.165, 1.54) is 24.3 Å². The van der Waals surface area contributed by atoms with Crippen LogP contribution in [0, 0.1) is 10.1 Å². The maximum Gasteiger partial charge on any atom is 0.271 e. The van der Waals surface area contributed by atoms with Crippen molar-refractivity contribution in [3.8, 4) is 11.5 Å². The summed E-state index contributed by atoms with van der Waals surface area (Å²) in [7, 11) is -4.07. The smallest absolute Gasteiger partial charge is 0.271 e. The maximum absolute atomic E-state index is 12.4. The van der Waals surface area contributed by atoms with Gasteiger partial charge in [0.1, 0.15) is 16.4 Å². The number of rotatable bonds is 7. The lowest BCUT2D eigenvalue weighted by molar-refractivity contribution is -0.385. The number of benzene rings is 2. The number of sulfonamides is 1. The minimum atomic E-state index is -4.07. The van der Waals surface area contributed by atoms with Gasteiger partial charge in [-0.05, 0) is 24.3 Å². The second-order valence-corrected chi connectivity index (χ2v) is 7.39. The van der Waals surface area contributed by atoms with Gasteiger partial charge in [-0.2, -0.15) is 0 Å². The average Bonchev–Trinajstić information content (AvgIpc) is 2.52. The van der Waals surface area contributed by atoms with Crippen LogP contribution in [0.2, 0.25) is 10.0 Å². The Labute approximate surface area is 153 Å². The summed E-state index contributed by atoms with van der Waals surface area (Å²) in [6, 6.07) is 7.55. The molecule has 11 heteroatoms. The first-order valence-electron chi connectivity index (χ1n) is 6.85.